The van der Waals surface area contributed by atoms with Crippen molar-refractivity contribution in [2.24, 2.45) is 5.10 Å². The van der Waals surface area contributed by atoms with Gasteiger partial charge in [-0.1, -0.05) is 53.5 Å². The number of anilines is 1. The summed E-state index contributed by atoms with van der Waals surface area (Å²) in [5.41, 5.74) is 4.89. The van der Waals surface area contributed by atoms with E-state index in [1.807, 2.05) is 24.5 Å². The van der Waals surface area contributed by atoms with Gasteiger partial charge in [0.2, 0.25) is 0 Å². The van der Waals surface area contributed by atoms with Gasteiger partial charge in [0, 0.05) is 28.0 Å². The monoisotopic (exact) mass is 599 g/mol. The van der Waals surface area contributed by atoms with Gasteiger partial charge >= 0.3 is 0 Å². The topological polar surface area (TPSA) is 127 Å². The number of aryl methyl sites for hydroxylation is 1. The van der Waals surface area contributed by atoms with Gasteiger partial charge in [-0.05, 0) is 56.3 Å². The number of hydrogen-bond donors (Lipinski definition) is 1. The summed E-state index contributed by atoms with van der Waals surface area (Å²) in [4.78, 5) is 23.1. The van der Waals surface area contributed by atoms with E-state index in [0.717, 1.165) is 27.8 Å². The number of aromatic nitrogens is 1. The van der Waals surface area contributed by atoms with Gasteiger partial charge in [-0.15, -0.1) is 0 Å². The lowest BCUT2D eigenvalue weighted by Gasteiger charge is -2.23. The number of nitro benzene ring substituents is 1. The average molecular weight is 600 g/mol. The van der Waals surface area contributed by atoms with Crippen LogP contribution in [0.25, 0.3) is 5.69 Å². The highest BCUT2D eigenvalue weighted by Gasteiger charge is 2.33. The standard InChI is InChI=1S/C27H23Cl2N5O5S/c1-18-14-20(19(2)33(18)25-15-21(28)12-13-23(25)29)16-30-31-27(35)17-32(22-8-4-3-5-9-22)40(38,39)26-11-7-6-10-24(26)34(36)37/h3-16H,17H2,1-2H3,(H,31,35)/b30-16+. The molecular formula is C27H23Cl2N5O5S. The molecule has 0 aliphatic rings. The Morgan fingerprint density at radius 2 is 1.73 bits per heavy atom. The number of benzene rings is 3. The summed E-state index contributed by atoms with van der Waals surface area (Å²) in [6.07, 6.45) is 1.43. The molecule has 206 valence electrons. The molecule has 0 aliphatic carbocycles. The van der Waals surface area contributed by atoms with E-state index in [-0.39, 0.29) is 5.69 Å². The normalized spacial score (nSPS) is 11.5. The first kappa shape index (κ1) is 28.8. The molecule has 1 heterocycles. The summed E-state index contributed by atoms with van der Waals surface area (Å²) >= 11 is 12.5. The molecule has 0 spiro atoms. The van der Waals surface area contributed by atoms with Crippen LogP contribution in [0.15, 0.2) is 88.9 Å². The molecule has 4 rings (SSSR count). The van der Waals surface area contributed by atoms with Gasteiger partial charge in [0.05, 0.1) is 27.5 Å². The van der Waals surface area contributed by atoms with Crippen molar-refractivity contribution >= 4 is 56.7 Å². The molecule has 3 aromatic carbocycles. The molecule has 0 unspecified atom stereocenters. The van der Waals surface area contributed by atoms with Crippen molar-refractivity contribution in [3.63, 3.8) is 0 Å². The second-order valence-electron chi connectivity index (χ2n) is 8.62. The van der Waals surface area contributed by atoms with E-state index in [0.29, 0.717) is 21.3 Å². The number of nitro groups is 1. The molecule has 0 saturated carbocycles. The van der Waals surface area contributed by atoms with Crippen LogP contribution >= 0.6 is 23.2 Å². The van der Waals surface area contributed by atoms with Crippen LogP contribution < -0.4 is 9.73 Å². The fourth-order valence-corrected chi connectivity index (χ4v) is 6.09. The quantitative estimate of drug-likeness (QED) is 0.151. The molecule has 10 nitrogen and oxygen atoms in total. The lowest BCUT2D eigenvalue weighted by atomic mass is 10.2. The van der Waals surface area contributed by atoms with Crippen molar-refractivity contribution in [1.82, 2.24) is 9.99 Å². The number of para-hydroxylation sites is 2. The second-order valence-corrected chi connectivity index (χ2v) is 11.3. The van der Waals surface area contributed by atoms with E-state index in [4.69, 9.17) is 23.2 Å². The smallest absolute Gasteiger partial charge is 0.289 e. The van der Waals surface area contributed by atoms with E-state index < -0.39 is 38.0 Å². The molecule has 13 heteroatoms. The third-order valence-electron chi connectivity index (χ3n) is 5.97. The second kappa shape index (κ2) is 11.9. The van der Waals surface area contributed by atoms with Gasteiger partial charge in [-0.3, -0.25) is 19.2 Å². The maximum Gasteiger partial charge on any atom is 0.289 e. The molecule has 0 fully saturated rings. The SMILES string of the molecule is Cc1cc(/C=N/NC(=O)CN(c2ccccc2)S(=O)(=O)c2ccccc2[N+](=O)[O-])c(C)n1-c1cc(Cl)ccc1Cl. The third-order valence-corrected chi connectivity index (χ3v) is 8.35. The van der Waals surface area contributed by atoms with Crippen molar-refractivity contribution in [3.8, 4) is 5.69 Å². The molecule has 40 heavy (non-hydrogen) atoms. The first-order valence-electron chi connectivity index (χ1n) is 11.8. The third kappa shape index (κ3) is 6.01. The minimum absolute atomic E-state index is 0.154. The number of carbonyl (C=O) groups is 1. The lowest BCUT2D eigenvalue weighted by Crippen LogP contribution is -2.39. The molecule has 0 aliphatic heterocycles. The Morgan fingerprint density at radius 3 is 2.42 bits per heavy atom. The predicted octanol–water partition coefficient (Wildman–Crippen LogP) is 5.65. The molecule has 0 radical (unpaired) electrons. The van der Waals surface area contributed by atoms with Crippen LogP contribution in [-0.4, -0.2) is 36.6 Å². The van der Waals surface area contributed by atoms with Crippen molar-refractivity contribution in [2.45, 2.75) is 18.7 Å². The molecule has 1 aromatic heterocycles. The molecule has 1 amide bonds. The van der Waals surface area contributed by atoms with Gasteiger partial charge in [0.25, 0.3) is 21.6 Å². The van der Waals surface area contributed by atoms with Crippen LogP contribution in [0, 0.1) is 24.0 Å². The molecule has 0 atom stereocenters. The van der Waals surface area contributed by atoms with E-state index >= 15 is 0 Å². The Kier molecular flexibility index (Phi) is 8.58. The molecule has 0 saturated heterocycles. The fourth-order valence-electron chi connectivity index (χ4n) is 4.14. The van der Waals surface area contributed by atoms with Crippen LogP contribution in [0.4, 0.5) is 11.4 Å². The Labute approximate surface area is 240 Å². The summed E-state index contributed by atoms with van der Waals surface area (Å²) in [5.74, 6) is -0.756. The summed E-state index contributed by atoms with van der Waals surface area (Å²) < 4.78 is 29.8. The zero-order chi connectivity index (χ0) is 29.0. The van der Waals surface area contributed by atoms with Gasteiger partial charge in [0.15, 0.2) is 4.90 Å². The Morgan fingerprint density at radius 1 is 1.05 bits per heavy atom. The number of sulfonamides is 1. The van der Waals surface area contributed by atoms with Crippen molar-refractivity contribution in [3.05, 3.63) is 116 Å². The summed E-state index contributed by atoms with van der Waals surface area (Å²) in [6, 6.07) is 19.8. The average Bonchev–Trinajstić information content (AvgIpc) is 3.21. The Hall–Kier alpha value is -4.19. The van der Waals surface area contributed by atoms with Crippen molar-refractivity contribution in [2.75, 3.05) is 10.8 Å². The highest BCUT2D eigenvalue weighted by atomic mass is 35.5. The first-order valence-corrected chi connectivity index (χ1v) is 14.0. The summed E-state index contributed by atoms with van der Waals surface area (Å²) in [7, 11) is -4.50. The number of rotatable bonds is 9. The van der Waals surface area contributed by atoms with E-state index in [1.54, 1.807) is 36.4 Å². The zero-order valence-corrected chi connectivity index (χ0v) is 23.6. The molecule has 1 N–H and O–H groups in total. The van der Waals surface area contributed by atoms with Crippen molar-refractivity contribution in [1.29, 1.82) is 0 Å². The molecule has 4 aromatic rings. The predicted molar refractivity (Wildman–Crippen MR) is 155 cm³/mol. The maximum absolute atomic E-state index is 13.5. The van der Waals surface area contributed by atoms with Crippen LogP contribution in [0.2, 0.25) is 10.0 Å². The molecular weight excluding hydrogens is 577 g/mol. The van der Waals surface area contributed by atoms with Gasteiger partial charge < -0.3 is 4.57 Å². The number of amides is 1. The lowest BCUT2D eigenvalue weighted by molar-refractivity contribution is -0.387. The minimum atomic E-state index is -4.50. The number of hydrogen-bond acceptors (Lipinski definition) is 6. The number of halogens is 2. The van der Waals surface area contributed by atoms with Crippen LogP contribution in [0.5, 0.6) is 0 Å². The largest absolute Gasteiger partial charge is 0.316 e. The van der Waals surface area contributed by atoms with Gasteiger partial charge in [-0.25, -0.2) is 13.8 Å². The number of nitrogens with zero attached hydrogens (tertiary/aromatic N) is 4. The van der Waals surface area contributed by atoms with E-state index in [9.17, 15) is 23.3 Å². The highest BCUT2D eigenvalue weighted by molar-refractivity contribution is 7.93. The Balaban J connectivity index is 1.59. The fraction of sp³-hybridized carbons (Fsp3) is 0.111. The number of nitrogens with one attached hydrogen (secondary N) is 1. The van der Waals surface area contributed by atoms with Crippen LogP contribution in [0.1, 0.15) is 17.0 Å². The van der Waals surface area contributed by atoms with Gasteiger partial charge in [0.1, 0.15) is 6.54 Å². The van der Waals surface area contributed by atoms with Crippen molar-refractivity contribution < 1.29 is 18.1 Å². The number of carbonyl (C=O) groups excluding carboxylic acids is 1. The number of hydrazone groups is 1. The summed E-state index contributed by atoms with van der Waals surface area (Å²) in [5, 5.41) is 16.5. The van der Waals surface area contributed by atoms with E-state index in [1.165, 1.54) is 30.5 Å². The Bertz CT molecular complexity index is 1720. The molecule has 0 bridgehead atoms. The minimum Gasteiger partial charge on any atom is -0.316 e. The van der Waals surface area contributed by atoms with Crippen LogP contribution in [0.3, 0.4) is 0 Å². The van der Waals surface area contributed by atoms with Gasteiger partial charge in [-0.2, -0.15) is 5.10 Å². The zero-order valence-electron chi connectivity index (χ0n) is 21.3. The maximum atomic E-state index is 13.5. The summed E-state index contributed by atoms with van der Waals surface area (Å²) in [6.45, 7) is 3.06. The highest BCUT2D eigenvalue weighted by Crippen LogP contribution is 2.30. The van der Waals surface area contributed by atoms with Crippen LogP contribution in [-0.2, 0) is 14.8 Å². The first-order chi connectivity index (χ1) is 19.0. The van der Waals surface area contributed by atoms with E-state index in [2.05, 4.69) is 10.5 Å².